The third-order valence-corrected chi connectivity index (χ3v) is 4.94. The van der Waals surface area contributed by atoms with Crippen LogP contribution in [0.5, 0.6) is 11.5 Å². The first-order valence-corrected chi connectivity index (χ1v) is 9.15. The number of rotatable bonds is 5. The van der Waals surface area contributed by atoms with Crippen LogP contribution in [0.25, 0.3) is 11.1 Å². The molecule has 3 aromatic carbocycles. The fourth-order valence-electron chi connectivity index (χ4n) is 3.51. The average Bonchev–Trinajstić information content (AvgIpc) is 3.16. The molecule has 0 spiro atoms. The molecule has 0 fully saturated rings. The number of fused-ring (bicyclic) bond motifs is 1. The Morgan fingerprint density at radius 3 is 2.45 bits per heavy atom. The fraction of sp³-hybridized carbons (Fsp3) is 0.130. The van der Waals surface area contributed by atoms with Crippen LogP contribution in [-0.2, 0) is 6.54 Å². The number of nitrogens with one attached hydrogen (secondary N) is 2. The number of benzene rings is 3. The van der Waals surface area contributed by atoms with Crippen LogP contribution in [-0.4, -0.2) is 26.0 Å². The highest BCUT2D eigenvalue weighted by atomic mass is 16.5. The number of methoxy groups -OCH3 is 2. The van der Waals surface area contributed by atoms with E-state index in [9.17, 15) is 9.59 Å². The number of hydrogen-bond donors (Lipinski definition) is 2. The Morgan fingerprint density at radius 2 is 1.72 bits per heavy atom. The third-order valence-electron chi connectivity index (χ3n) is 4.94. The van der Waals surface area contributed by atoms with E-state index in [2.05, 4.69) is 10.6 Å². The first-order valence-electron chi connectivity index (χ1n) is 9.15. The van der Waals surface area contributed by atoms with Crippen molar-refractivity contribution in [2.24, 2.45) is 0 Å². The van der Waals surface area contributed by atoms with E-state index in [1.165, 1.54) is 0 Å². The van der Waals surface area contributed by atoms with Gasteiger partial charge in [0.25, 0.3) is 11.8 Å². The summed E-state index contributed by atoms with van der Waals surface area (Å²) in [6.45, 7) is 0.396. The van der Waals surface area contributed by atoms with Gasteiger partial charge in [0.1, 0.15) is 0 Å². The monoisotopic (exact) mass is 388 g/mol. The molecule has 0 aliphatic carbocycles. The van der Waals surface area contributed by atoms with Crippen molar-refractivity contribution in [1.29, 1.82) is 0 Å². The lowest BCUT2D eigenvalue weighted by Gasteiger charge is -2.14. The maximum absolute atomic E-state index is 12.6. The van der Waals surface area contributed by atoms with Gasteiger partial charge >= 0.3 is 0 Å². The lowest BCUT2D eigenvalue weighted by molar-refractivity contribution is 0.0966. The molecule has 146 valence electrons. The van der Waals surface area contributed by atoms with Gasteiger partial charge in [-0.25, -0.2) is 0 Å². The van der Waals surface area contributed by atoms with E-state index in [0.29, 0.717) is 34.9 Å². The van der Waals surface area contributed by atoms with E-state index < -0.39 is 0 Å². The van der Waals surface area contributed by atoms with Gasteiger partial charge in [0.15, 0.2) is 11.5 Å². The highest BCUT2D eigenvalue weighted by Crippen LogP contribution is 2.38. The zero-order valence-corrected chi connectivity index (χ0v) is 16.1. The smallest absolute Gasteiger partial charge is 0.255 e. The van der Waals surface area contributed by atoms with Crippen LogP contribution in [0.2, 0.25) is 0 Å². The predicted octanol–water partition coefficient (Wildman–Crippen LogP) is 3.87. The zero-order chi connectivity index (χ0) is 20.4. The van der Waals surface area contributed by atoms with Crippen molar-refractivity contribution in [2.45, 2.75) is 6.54 Å². The van der Waals surface area contributed by atoms with Crippen LogP contribution in [0.1, 0.15) is 26.3 Å². The maximum Gasteiger partial charge on any atom is 0.255 e. The molecule has 0 bridgehead atoms. The molecular formula is C23H20N2O4. The third kappa shape index (κ3) is 3.40. The van der Waals surface area contributed by atoms with Crippen LogP contribution in [0.3, 0.4) is 0 Å². The lowest BCUT2D eigenvalue weighted by atomic mass is 9.95. The Bertz CT molecular complexity index is 1090. The van der Waals surface area contributed by atoms with Gasteiger partial charge in [-0.15, -0.1) is 0 Å². The minimum absolute atomic E-state index is 0.203. The van der Waals surface area contributed by atoms with Gasteiger partial charge < -0.3 is 20.1 Å². The number of amides is 2. The van der Waals surface area contributed by atoms with Crippen molar-refractivity contribution in [1.82, 2.24) is 5.32 Å². The first-order chi connectivity index (χ1) is 14.1. The number of ether oxygens (including phenoxy) is 2. The number of hydrogen-bond acceptors (Lipinski definition) is 4. The molecule has 0 unspecified atom stereocenters. The van der Waals surface area contributed by atoms with Crippen molar-refractivity contribution in [3.05, 3.63) is 77.4 Å². The summed E-state index contributed by atoms with van der Waals surface area (Å²) in [5.74, 6) is 0.781. The highest BCUT2D eigenvalue weighted by molar-refractivity contribution is 6.11. The molecule has 4 rings (SSSR count). The number of anilines is 1. The van der Waals surface area contributed by atoms with Crippen LogP contribution >= 0.6 is 0 Å². The predicted molar refractivity (Wildman–Crippen MR) is 111 cm³/mol. The second-order valence-corrected chi connectivity index (χ2v) is 6.59. The second-order valence-electron chi connectivity index (χ2n) is 6.59. The molecule has 1 aliphatic rings. The van der Waals surface area contributed by atoms with E-state index in [0.717, 1.165) is 16.7 Å². The topological polar surface area (TPSA) is 76.7 Å². The quantitative estimate of drug-likeness (QED) is 0.696. The second kappa shape index (κ2) is 7.67. The van der Waals surface area contributed by atoms with Gasteiger partial charge in [0.05, 0.1) is 25.5 Å². The summed E-state index contributed by atoms with van der Waals surface area (Å²) in [5.41, 5.74) is 4.15. The van der Waals surface area contributed by atoms with Gasteiger partial charge in [0, 0.05) is 12.1 Å². The van der Waals surface area contributed by atoms with E-state index in [4.69, 9.17) is 9.47 Å². The van der Waals surface area contributed by atoms with Crippen molar-refractivity contribution >= 4 is 17.5 Å². The zero-order valence-electron chi connectivity index (χ0n) is 16.1. The molecule has 6 nitrogen and oxygen atoms in total. The summed E-state index contributed by atoms with van der Waals surface area (Å²) >= 11 is 0. The normalized spacial score (nSPS) is 12.1. The molecule has 0 saturated heterocycles. The van der Waals surface area contributed by atoms with Crippen molar-refractivity contribution in [2.75, 3.05) is 19.5 Å². The fourth-order valence-corrected chi connectivity index (χ4v) is 3.51. The standard InChI is InChI=1S/C23H20N2O4/c1-28-19-11-8-15(12-20(19)29-2)16-9-10-18(21-17(16)13-24-23(21)27)25-22(26)14-6-4-3-5-7-14/h3-12H,13H2,1-2H3,(H,24,27)(H,25,26). The van der Waals surface area contributed by atoms with Gasteiger partial charge in [-0.2, -0.15) is 0 Å². The van der Waals surface area contributed by atoms with Crippen LogP contribution in [0.4, 0.5) is 5.69 Å². The van der Waals surface area contributed by atoms with Gasteiger partial charge in [-0.3, -0.25) is 9.59 Å². The molecule has 29 heavy (non-hydrogen) atoms. The molecular weight excluding hydrogens is 368 g/mol. The Kier molecular flexibility index (Phi) is 4.91. The van der Waals surface area contributed by atoms with E-state index in [1.54, 1.807) is 44.6 Å². The summed E-state index contributed by atoms with van der Waals surface area (Å²) in [5, 5.41) is 5.72. The minimum Gasteiger partial charge on any atom is -0.493 e. The summed E-state index contributed by atoms with van der Waals surface area (Å²) in [4.78, 5) is 25.1. The van der Waals surface area contributed by atoms with Crippen LogP contribution < -0.4 is 20.1 Å². The Labute approximate surface area is 168 Å². The number of carbonyl (C=O) groups excluding carboxylic acids is 2. The van der Waals surface area contributed by atoms with Crippen LogP contribution in [0, 0.1) is 0 Å². The van der Waals surface area contributed by atoms with Crippen molar-refractivity contribution < 1.29 is 19.1 Å². The van der Waals surface area contributed by atoms with Gasteiger partial charge in [-0.05, 0) is 47.0 Å². The molecule has 3 aromatic rings. The first kappa shape index (κ1) is 18.6. The molecule has 0 radical (unpaired) electrons. The minimum atomic E-state index is -0.258. The van der Waals surface area contributed by atoms with E-state index in [-0.39, 0.29) is 11.8 Å². The average molecular weight is 388 g/mol. The largest absolute Gasteiger partial charge is 0.493 e. The van der Waals surface area contributed by atoms with Crippen molar-refractivity contribution in [3.63, 3.8) is 0 Å². The molecule has 2 amide bonds. The van der Waals surface area contributed by atoms with E-state index in [1.807, 2.05) is 30.3 Å². The maximum atomic E-state index is 12.6. The van der Waals surface area contributed by atoms with Crippen molar-refractivity contribution in [3.8, 4) is 22.6 Å². The Morgan fingerprint density at radius 1 is 0.966 bits per heavy atom. The molecule has 0 saturated carbocycles. The van der Waals surface area contributed by atoms with E-state index >= 15 is 0 Å². The highest BCUT2D eigenvalue weighted by Gasteiger charge is 2.27. The Hall–Kier alpha value is -3.80. The number of carbonyl (C=O) groups is 2. The lowest BCUT2D eigenvalue weighted by Crippen LogP contribution is -2.17. The molecule has 0 aromatic heterocycles. The van der Waals surface area contributed by atoms with Crippen LogP contribution in [0.15, 0.2) is 60.7 Å². The molecule has 2 N–H and O–H groups in total. The Balaban J connectivity index is 1.74. The molecule has 6 heteroatoms. The summed E-state index contributed by atoms with van der Waals surface area (Å²) in [6.07, 6.45) is 0. The van der Waals surface area contributed by atoms with Gasteiger partial charge in [-0.1, -0.05) is 30.3 Å². The summed E-state index contributed by atoms with van der Waals surface area (Å²) < 4.78 is 10.7. The SMILES string of the molecule is COc1ccc(-c2ccc(NC(=O)c3ccccc3)c3c2CNC3=O)cc1OC. The summed E-state index contributed by atoms with van der Waals surface area (Å²) in [6, 6.07) is 18.2. The molecule has 1 aliphatic heterocycles. The summed E-state index contributed by atoms with van der Waals surface area (Å²) in [7, 11) is 3.17. The van der Waals surface area contributed by atoms with Gasteiger partial charge in [0.2, 0.25) is 0 Å². The molecule has 0 atom stereocenters. The molecule has 1 heterocycles.